The highest BCUT2D eigenvalue weighted by molar-refractivity contribution is 5.36. The molecule has 0 aliphatic carbocycles. The zero-order valence-electron chi connectivity index (χ0n) is 9.28. The summed E-state index contributed by atoms with van der Waals surface area (Å²) in [4.78, 5) is 8.95. The van der Waals surface area contributed by atoms with Gasteiger partial charge in [0, 0.05) is 0 Å². The standard InChI is InChI=1S/C10H14.C2H4O2/c1-8(2)10-6-4-9(3)5-7-10;1-4-2-3/h4-8H,1-3H3;2H,1H3. The number of benzene rings is 1. The van der Waals surface area contributed by atoms with Crippen molar-refractivity contribution in [2.45, 2.75) is 26.7 Å². The number of aryl methyl sites for hydroxylation is 1. The lowest BCUT2D eigenvalue weighted by Gasteiger charge is -2.03. The molecule has 0 fully saturated rings. The molecule has 1 aromatic rings. The molecular formula is C12H18O2. The van der Waals surface area contributed by atoms with Crippen LogP contribution in [0.4, 0.5) is 0 Å². The largest absolute Gasteiger partial charge is 0.471 e. The zero-order chi connectivity index (χ0) is 11.0. The summed E-state index contributed by atoms with van der Waals surface area (Å²) in [5, 5.41) is 0. The second-order valence-electron chi connectivity index (χ2n) is 3.40. The van der Waals surface area contributed by atoms with Gasteiger partial charge in [0.2, 0.25) is 0 Å². The third kappa shape index (κ3) is 5.36. The Morgan fingerprint density at radius 1 is 1.21 bits per heavy atom. The van der Waals surface area contributed by atoms with Crippen LogP contribution in [0, 0.1) is 6.92 Å². The summed E-state index contributed by atoms with van der Waals surface area (Å²) in [6, 6.07) is 8.71. The average molecular weight is 194 g/mol. The molecule has 0 aliphatic rings. The maximum atomic E-state index is 8.95. The van der Waals surface area contributed by atoms with Gasteiger partial charge in [-0.25, -0.2) is 0 Å². The van der Waals surface area contributed by atoms with E-state index in [2.05, 4.69) is 49.8 Å². The summed E-state index contributed by atoms with van der Waals surface area (Å²) in [6.45, 7) is 6.92. The van der Waals surface area contributed by atoms with E-state index < -0.39 is 0 Å². The van der Waals surface area contributed by atoms with Gasteiger partial charge in [-0.05, 0) is 18.4 Å². The lowest BCUT2D eigenvalue weighted by Crippen LogP contribution is -1.85. The fourth-order valence-corrected chi connectivity index (χ4v) is 0.951. The number of carbonyl (C=O) groups is 1. The van der Waals surface area contributed by atoms with Gasteiger partial charge in [-0.15, -0.1) is 0 Å². The van der Waals surface area contributed by atoms with Crippen molar-refractivity contribution in [2.75, 3.05) is 7.11 Å². The van der Waals surface area contributed by atoms with Gasteiger partial charge in [-0.1, -0.05) is 43.7 Å². The first-order valence-electron chi connectivity index (χ1n) is 4.64. The van der Waals surface area contributed by atoms with E-state index in [4.69, 9.17) is 4.79 Å². The Kier molecular flexibility index (Phi) is 6.46. The average Bonchev–Trinajstić information content (AvgIpc) is 2.19. The van der Waals surface area contributed by atoms with Crippen LogP contribution in [0.5, 0.6) is 0 Å². The molecule has 0 aliphatic heterocycles. The first-order valence-corrected chi connectivity index (χ1v) is 4.64. The van der Waals surface area contributed by atoms with Crippen LogP contribution in [0.2, 0.25) is 0 Å². The van der Waals surface area contributed by atoms with Gasteiger partial charge in [0.15, 0.2) is 0 Å². The maximum Gasteiger partial charge on any atom is 0.292 e. The molecule has 0 atom stereocenters. The van der Waals surface area contributed by atoms with Crippen molar-refractivity contribution < 1.29 is 9.53 Å². The third-order valence-electron chi connectivity index (χ3n) is 1.84. The number of carbonyl (C=O) groups excluding carboxylic acids is 1. The molecule has 0 N–H and O–H groups in total. The van der Waals surface area contributed by atoms with Crippen molar-refractivity contribution in [3.8, 4) is 0 Å². The van der Waals surface area contributed by atoms with Crippen LogP contribution in [-0.4, -0.2) is 13.6 Å². The van der Waals surface area contributed by atoms with Gasteiger partial charge in [-0.2, -0.15) is 0 Å². The topological polar surface area (TPSA) is 26.3 Å². The van der Waals surface area contributed by atoms with E-state index in [0.717, 1.165) is 0 Å². The molecule has 0 unspecified atom stereocenters. The monoisotopic (exact) mass is 194 g/mol. The second kappa shape index (κ2) is 7.13. The van der Waals surface area contributed by atoms with Crippen molar-refractivity contribution in [3.05, 3.63) is 35.4 Å². The van der Waals surface area contributed by atoms with Crippen molar-refractivity contribution in [2.24, 2.45) is 0 Å². The SMILES string of the molecule is COC=O.Cc1ccc(C(C)C)cc1. The Labute approximate surface area is 85.9 Å². The van der Waals surface area contributed by atoms with E-state index in [1.807, 2.05) is 0 Å². The molecule has 2 nitrogen and oxygen atoms in total. The van der Waals surface area contributed by atoms with Crippen molar-refractivity contribution >= 4 is 6.47 Å². The van der Waals surface area contributed by atoms with E-state index in [1.54, 1.807) is 0 Å². The molecule has 1 rings (SSSR count). The van der Waals surface area contributed by atoms with E-state index in [9.17, 15) is 0 Å². The highest BCUT2D eigenvalue weighted by Crippen LogP contribution is 2.13. The molecule has 0 aromatic heterocycles. The summed E-state index contributed by atoms with van der Waals surface area (Å²) in [6.07, 6.45) is 0. The van der Waals surface area contributed by atoms with Crippen LogP contribution in [0.15, 0.2) is 24.3 Å². The van der Waals surface area contributed by atoms with E-state index in [-0.39, 0.29) is 0 Å². The molecule has 0 radical (unpaired) electrons. The normalized spacial score (nSPS) is 8.93. The molecule has 0 saturated heterocycles. The predicted molar refractivity (Wildman–Crippen MR) is 58.3 cm³/mol. The second-order valence-corrected chi connectivity index (χ2v) is 3.40. The first kappa shape index (κ1) is 12.7. The molecule has 0 spiro atoms. The number of hydrogen-bond acceptors (Lipinski definition) is 2. The third-order valence-corrected chi connectivity index (χ3v) is 1.84. The van der Waals surface area contributed by atoms with Crippen molar-refractivity contribution in [1.82, 2.24) is 0 Å². The minimum Gasteiger partial charge on any atom is -0.471 e. The van der Waals surface area contributed by atoms with Gasteiger partial charge in [0.25, 0.3) is 6.47 Å². The number of hydrogen-bond donors (Lipinski definition) is 0. The van der Waals surface area contributed by atoms with Crippen LogP contribution in [0.25, 0.3) is 0 Å². The predicted octanol–water partition coefficient (Wildman–Crippen LogP) is 2.91. The number of ether oxygens (including phenoxy) is 1. The van der Waals surface area contributed by atoms with Gasteiger partial charge in [-0.3, -0.25) is 4.79 Å². The van der Waals surface area contributed by atoms with Gasteiger partial charge >= 0.3 is 0 Å². The Hall–Kier alpha value is -1.31. The van der Waals surface area contributed by atoms with E-state index in [0.29, 0.717) is 12.4 Å². The number of methoxy groups -OCH3 is 1. The molecule has 78 valence electrons. The quantitative estimate of drug-likeness (QED) is 0.677. The molecule has 0 amide bonds. The molecule has 2 heteroatoms. The lowest BCUT2D eigenvalue weighted by atomic mass is 10.0. The zero-order valence-corrected chi connectivity index (χ0v) is 9.28. The Balaban J connectivity index is 0.000000364. The highest BCUT2D eigenvalue weighted by Gasteiger charge is 1.95. The van der Waals surface area contributed by atoms with Crippen LogP contribution < -0.4 is 0 Å². The summed E-state index contributed by atoms with van der Waals surface area (Å²) in [5.74, 6) is 0.653. The molecule has 14 heavy (non-hydrogen) atoms. The van der Waals surface area contributed by atoms with Crippen LogP contribution >= 0.6 is 0 Å². The van der Waals surface area contributed by atoms with E-state index in [1.165, 1.54) is 18.2 Å². The Morgan fingerprint density at radius 2 is 1.64 bits per heavy atom. The minimum atomic E-state index is 0.375. The molecule has 0 bridgehead atoms. The van der Waals surface area contributed by atoms with Gasteiger partial charge in [0.05, 0.1) is 7.11 Å². The summed E-state index contributed by atoms with van der Waals surface area (Å²) >= 11 is 0. The van der Waals surface area contributed by atoms with Gasteiger partial charge < -0.3 is 4.74 Å². The van der Waals surface area contributed by atoms with Crippen LogP contribution in [-0.2, 0) is 9.53 Å². The Bertz CT molecular complexity index is 250. The van der Waals surface area contributed by atoms with Crippen LogP contribution in [0.1, 0.15) is 30.9 Å². The Morgan fingerprint density at radius 3 is 1.93 bits per heavy atom. The smallest absolute Gasteiger partial charge is 0.292 e. The molecular weight excluding hydrogens is 176 g/mol. The lowest BCUT2D eigenvalue weighted by molar-refractivity contribution is -0.126. The van der Waals surface area contributed by atoms with Crippen molar-refractivity contribution in [1.29, 1.82) is 0 Å². The molecule has 0 heterocycles. The van der Waals surface area contributed by atoms with Crippen molar-refractivity contribution in [3.63, 3.8) is 0 Å². The van der Waals surface area contributed by atoms with Gasteiger partial charge in [0.1, 0.15) is 0 Å². The summed E-state index contributed by atoms with van der Waals surface area (Å²) < 4.78 is 3.86. The van der Waals surface area contributed by atoms with Crippen LogP contribution in [0.3, 0.4) is 0 Å². The summed E-state index contributed by atoms with van der Waals surface area (Å²) in [7, 11) is 1.31. The highest BCUT2D eigenvalue weighted by atomic mass is 16.5. The minimum absolute atomic E-state index is 0.375. The maximum absolute atomic E-state index is 8.95. The molecule has 1 aromatic carbocycles. The number of rotatable bonds is 2. The fraction of sp³-hybridized carbons (Fsp3) is 0.417. The molecule has 0 saturated carbocycles. The van der Waals surface area contributed by atoms with E-state index >= 15 is 0 Å². The first-order chi connectivity index (χ1) is 6.61. The summed E-state index contributed by atoms with van der Waals surface area (Å²) in [5.41, 5.74) is 2.76. The fourth-order valence-electron chi connectivity index (χ4n) is 0.951.